The lowest BCUT2D eigenvalue weighted by molar-refractivity contribution is -0.141. The molecule has 2 aliphatic rings. The highest BCUT2D eigenvalue weighted by Gasteiger charge is 2.61. The molecule has 5 atom stereocenters. The Morgan fingerprint density at radius 3 is 2.37 bits per heavy atom. The summed E-state index contributed by atoms with van der Waals surface area (Å²) >= 11 is 0. The number of nitrogens with zero attached hydrogens (tertiary/aromatic N) is 2. The van der Waals surface area contributed by atoms with E-state index in [1.807, 2.05) is 30.3 Å². The molecular weight excluding hydrogens is 829 g/mol. The maximum Gasteiger partial charge on any atom is 0.408 e. The van der Waals surface area contributed by atoms with Crippen molar-refractivity contribution in [1.82, 2.24) is 30.6 Å². The van der Waals surface area contributed by atoms with Crippen molar-refractivity contribution < 1.29 is 46.6 Å². The van der Waals surface area contributed by atoms with Gasteiger partial charge in [0.2, 0.25) is 17.7 Å². The maximum absolute atomic E-state index is 14.6. The maximum atomic E-state index is 14.6. The van der Waals surface area contributed by atoms with Gasteiger partial charge in [0.15, 0.2) is 0 Å². The number of terminal acetylenes is 1. The van der Waals surface area contributed by atoms with E-state index in [1.165, 1.54) is 42.4 Å². The van der Waals surface area contributed by atoms with Crippen LogP contribution in [0.4, 0.5) is 4.79 Å². The van der Waals surface area contributed by atoms with Gasteiger partial charge in [0.05, 0.1) is 29.8 Å². The minimum absolute atomic E-state index is 0.00532. The zero-order valence-corrected chi connectivity index (χ0v) is 36.0. The number of likely N-dealkylation sites (tertiary alicyclic amines) is 1. The first-order valence-corrected chi connectivity index (χ1v) is 21.4. The quantitative estimate of drug-likeness (QED) is 0.0762. The Balaban J connectivity index is 1.35. The van der Waals surface area contributed by atoms with E-state index in [2.05, 4.69) is 39.8 Å². The second-order valence-corrected chi connectivity index (χ2v) is 17.7. The summed E-state index contributed by atoms with van der Waals surface area (Å²) < 4.78 is 46.3. The van der Waals surface area contributed by atoms with Crippen molar-refractivity contribution in [2.45, 2.75) is 67.8 Å². The number of aromatic nitrogens is 1. The predicted octanol–water partition coefficient (Wildman–Crippen LogP) is 4.00. The van der Waals surface area contributed by atoms with E-state index in [-0.39, 0.29) is 24.3 Å². The lowest BCUT2D eigenvalue weighted by atomic mass is 10.1. The number of methoxy groups -OCH3 is 1. The standard InChI is InChI=1S/C46H48N6O10S/c1-8-28-16-19-33(20-17-28)63(58,59)51-43(56)46(25-30(46)9-2)50-41(54)38-23-32(27-52(38)42(55)37(26-47-40(53)10-3)49-44(57)62-45(4,5)6)61-39-24-35(29-14-12-11-13-15-29)48-36-22-31(60-7)18-21-34(36)39/h1,9-22,24,30,32,37-38H,2-3,23,25-27H2,4-7H3,(H,47,53)(H,49,57)(H,50,54)(H,51,56)/t30-,32?,37+,38+,46-/m1/s1. The first-order valence-electron chi connectivity index (χ1n) is 19.9. The first-order chi connectivity index (χ1) is 29.9. The molecule has 3 aromatic carbocycles. The SMILES string of the molecule is C#Cc1ccc(S(=O)(=O)NC(=O)[C@@]2(NC(=O)[C@@H]3CC(Oc4cc(-c5ccccc5)nc5cc(OC)ccc45)CN3C(=O)[C@H](CNC(=O)C=C)NC(=O)OC(C)(C)C)C[C@H]2C=C)cc1. The molecule has 63 heavy (non-hydrogen) atoms. The third kappa shape index (κ3) is 10.5. The van der Waals surface area contributed by atoms with Crippen molar-refractivity contribution in [2.24, 2.45) is 5.92 Å². The van der Waals surface area contributed by atoms with Gasteiger partial charge in [0, 0.05) is 47.5 Å². The van der Waals surface area contributed by atoms with Gasteiger partial charge >= 0.3 is 6.09 Å². The molecule has 0 bridgehead atoms. The topological polar surface area (TPSA) is 211 Å². The number of nitrogens with one attached hydrogen (secondary N) is 4. The molecule has 2 heterocycles. The lowest BCUT2D eigenvalue weighted by Gasteiger charge is -2.30. The highest BCUT2D eigenvalue weighted by atomic mass is 32.2. The normalized spacial score (nSPS) is 19.7. The van der Waals surface area contributed by atoms with Crippen molar-refractivity contribution in [2.75, 3.05) is 20.2 Å². The van der Waals surface area contributed by atoms with E-state index in [9.17, 15) is 32.4 Å². The Morgan fingerprint density at radius 2 is 1.75 bits per heavy atom. The second-order valence-electron chi connectivity index (χ2n) is 16.0. The highest BCUT2D eigenvalue weighted by Crippen LogP contribution is 2.45. The van der Waals surface area contributed by atoms with Crippen LogP contribution in [0.2, 0.25) is 0 Å². The number of pyridine rings is 1. The number of sulfonamides is 1. The number of hydrogen-bond acceptors (Lipinski definition) is 11. The van der Waals surface area contributed by atoms with Crippen LogP contribution >= 0.6 is 0 Å². The number of benzene rings is 3. The predicted molar refractivity (Wildman–Crippen MR) is 234 cm³/mol. The molecule has 1 saturated heterocycles. The van der Waals surface area contributed by atoms with Gasteiger partial charge in [-0.2, -0.15) is 0 Å². The number of amides is 5. The van der Waals surface area contributed by atoms with Crippen molar-refractivity contribution in [3.63, 3.8) is 0 Å². The zero-order valence-electron chi connectivity index (χ0n) is 35.2. The number of hydrogen-bond donors (Lipinski definition) is 4. The molecule has 0 radical (unpaired) electrons. The molecule has 4 N–H and O–H groups in total. The van der Waals surface area contributed by atoms with Gasteiger partial charge in [-0.25, -0.2) is 22.9 Å². The number of carbonyl (C=O) groups is 5. The third-order valence-corrected chi connectivity index (χ3v) is 11.8. The molecule has 17 heteroatoms. The molecule has 4 aromatic rings. The summed E-state index contributed by atoms with van der Waals surface area (Å²) in [5.74, 6) is -0.605. The van der Waals surface area contributed by atoms with Crippen LogP contribution in [-0.4, -0.2) is 97.6 Å². The molecule has 1 unspecified atom stereocenters. The van der Waals surface area contributed by atoms with Crippen molar-refractivity contribution in [3.8, 4) is 35.1 Å². The molecule has 1 aliphatic heterocycles. The lowest BCUT2D eigenvalue weighted by Crippen LogP contribution is -2.59. The van der Waals surface area contributed by atoms with E-state index in [4.69, 9.17) is 25.6 Å². The minimum atomic E-state index is -4.42. The summed E-state index contributed by atoms with van der Waals surface area (Å²) in [4.78, 5) is 74.3. The Kier molecular flexibility index (Phi) is 13.3. The van der Waals surface area contributed by atoms with Crippen LogP contribution < -0.4 is 30.1 Å². The third-order valence-electron chi connectivity index (χ3n) is 10.5. The van der Waals surface area contributed by atoms with E-state index >= 15 is 0 Å². The summed E-state index contributed by atoms with van der Waals surface area (Å²) in [7, 11) is -2.89. The summed E-state index contributed by atoms with van der Waals surface area (Å²) in [5, 5.41) is 8.36. The largest absolute Gasteiger partial charge is 0.497 e. The minimum Gasteiger partial charge on any atom is -0.497 e. The number of alkyl carbamates (subject to hydrolysis) is 1. The van der Waals surface area contributed by atoms with Gasteiger partial charge in [0.25, 0.3) is 15.9 Å². The Morgan fingerprint density at radius 1 is 1.03 bits per heavy atom. The smallest absolute Gasteiger partial charge is 0.408 e. The van der Waals surface area contributed by atoms with E-state index in [1.54, 1.807) is 45.0 Å². The number of rotatable bonds is 15. The first kappa shape index (κ1) is 45.3. The molecule has 2 fully saturated rings. The van der Waals surface area contributed by atoms with Crippen LogP contribution in [0, 0.1) is 18.3 Å². The number of carbonyl (C=O) groups excluding carboxylic acids is 5. The molecule has 1 aliphatic carbocycles. The van der Waals surface area contributed by atoms with Gasteiger partial charge in [-0.15, -0.1) is 13.0 Å². The van der Waals surface area contributed by atoms with Gasteiger partial charge in [-0.3, -0.25) is 19.2 Å². The second kappa shape index (κ2) is 18.4. The van der Waals surface area contributed by atoms with Gasteiger partial charge in [0.1, 0.15) is 40.8 Å². The van der Waals surface area contributed by atoms with Crippen molar-refractivity contribution in [3.05, 3.63) is 110 Å². The average molecular weight is 877 g/mol. The molecule has 1 aromatic heterocycles. The fourth-order valence-corrected chi connectivity index (χ4v) is 8.21. The van der Waals surface area contributed by atoms with Gasteiger partial charge in [-0.05, 0) is 69.7 Å². The van der Waals surface area contributed by atoms with Crippen molar-refractivity contribution >= 4 is 50.6 Å². The Bertz CT molecular complexity index is 2610. The summed E-state index contributed by atoms with van der Waals surface area (Å²) in [6.45, 7) is 11.5. The Labute approximate surface area is 365 Å². The number of fused-ring (bicyclic) bond motifs is 1. The van der Waals surface area contributed by atoms with Gasteiger partial charge in [-0.1, -0.05) is 48.9 Å². The number of ether oxygens (including phenoxy) is 3. The monoisotopic (exact) mass is 876 g/mol. The van der Waals surface area contributed by atoms with Crippen LogP contribution in [0.1, 0.15) is 39.2 Å². The van der Waals surface area contributed by atoms with Crippen molar-refractivity contribution in [1.29, 1.82) is 0 Å². The van der Waals surface area contributed by atoms with E-state index in [0.717, 1.165) is 11.6 Å². The van der Waals surface area contributed by atoms with E-state index < -0.39 is 81.5 Å². The molecule has 16 nitrogen and oxygen atoms in total. The highest BCUT2D eigenvalue weighted by molar-refractivity contribution is 7.90. The van der Waals surface area contributed by atoms with Crippen LogP contribution in [0.15, 0.2) is 109 Å². The van der Waals surface area contributed by atoms with Gasteiger partial charge < -0.3 is 35.1 Å². The van der Waals surface area contributed by atoms with Crippen LogP contribution in [0.25, 0.3) is 22.2 Å². The average Bonchev–Trinajstić information content (AvgIpc) is 3.82. The Hall–Kier alpha value is -7.19. The fraction of sp³-hybridized carbons (Fsp3) is 0.304. The molecule has 1 saturated carbocycles. The summed E-state index contributed by atoms with van der Waals surface area (Å²) in [5.41, 5.74) is -0.366. The summed E-state index contributed by atoms with van der Waals surface area (Å²) in [6, 6.07) is 18.9. The van der Waals surface area contributed by atoms with Crippen LogP contribution in [0.3, 0.4) is 0 Å². The van der Waals surface area contributed by atoms with Crippen LogP contribution in [-0.2, 0) is 33.9 Å². The fourth-order valence-electron chi connectivity index (χ4n) is 7.18. The molecule has 328 valence electrons. The molecule has 0 spiro atoms. The molecule has 6 rings (SSSR count). The zero-order chi connectivity index (χ0) is 45.7. The summed E-state index contributed by atoms with van der Waals surface area (Å²) in [6.07, 6.45) is 5.88. The van der Waals surface area contributed by atoms with E-state index in [0.29, 0.717) is 33.7 Å². The molecule has 5 amide bonds. The molecular formula is C46H48N6O10S. The van der Waals surface area contributed by atoms with Crippen LogP contribution in [0.5, 0.6) is 11.5 Å².